The summed E-state index contributed by atoms with van der Waals surface area (Å²) in [6.45, 7) is 0.261. The highest BCUT2D eigenvalue weighted by Crippen LogP contribution is 2.39. The van der Waals surface area contributed by atoms with Gasteiger partial charge in [0.05, 0.1) is 17.1 Å². The maximum Gasteiger partial charge on any atom is 0.350 e. The first kappa shape index (κ1) is 17.7. The molecule has 1 aliphatic carbocycles. The van der Waals surface area contributed by atoms with Crippen LogP contribution in [0.5, 0.6) is 0 Å². The lowest BCUT2D eigenvalue weighted by Crippen LogP contribution is -2.32. The van der Waals surface area contributed by atoms with Gasteiger partial charge >= 0.3 is 5.69 Å². The van der Waals surface area contributed by atoms with Crippen molar-refractivity contribution in [3.63, 3.8) is 0 Å². The van der Waals surface area contributed by atoms with E-state index in [1.54, 1.807) is 22.8 Å². The van der Waals surface area contributed by atoms with Gasteiger partial charge in [-0.15, -0.1) is 0 Å². The van der Waals surface area contributed by atoms with Gasteiger partial charge in [0.2, 0.25) is 10.0 Å². The predicted molar refractivity (Wildman–Crippen MR) is 101 cm³/mol. The highest BCUT2D eigenvalue weighted by Gasteiger charge is 2.31. The summed E-state index contributed by atoms with van der Waals surface area (Å²) in [5.41, 5.74) is 0.530. The number of rotatable bonds is 7. The number of hydrogen-bond acceptors (Lipinski definition) is 4. The minimum Gasteiger partial charge on any atom is -0.247 e. The Morgan fingerprint density at radius 2 is 1.63 bits per heavy atom. The van der Waals surface area contributed by atoms with Crippen molar-refractivity contribution in [2.24, 2.45) is 0 Å². The van der Waals surface area contributed by atoms with Gasteiger partial charge in [-0.2, -0.15) is 5.10 Å². The lowest BCUT2D eigenvalue weighted by molar-refractivity contribution is 0.550. The minimum absolute atomic E-state index is 0.0903. The molecule has 8 heteroatoms. The van der Waals surface area contributed by atoms with Crippen molar-refractivity contribution in [1.29, 1.82) is 0 Å². The average Bonchev–Trinajstić information content (AvgIpc) is 3.48. The van der Waals surface area contributed by atoms with Crippen LogP contribution in [-0.4, -0.2) is 29.3 Å². The molecule has 0 atom stereocenters. The van der Waals surface area contributed by atoms with Crippen LogP contribution in [0.1, 0.15) is 24.6 Å². The van der Waals surface area contributed by atoms with Crippen LogP contribution >= 0.6 is 0 Å². The van der Waals surface area contributed by atoms with Crippen molar-refractivity contribution in [3.05, 3.63) is 77.0 Å². The summed E-state index contributed by atoms with van der Waals surface area (Å²) >= 11 is 0. The molecule has 0 bridgehead atoms. The first-order chi connectivity index (χ1) is 13.1. The Kier molecular flexibility index (Phi) is 4.67. The molecule has 2 aromatic carbocycles. The van der Waals surface area contributed by atoms with E-state index in [4.69, 9.17) is 0 Å². The van der Waals surface area contributed by atoms with E-state index in [1.165, 1.54) is 16.8 Å². The Bertz CT molecular complexity index is 1080. The quantitative estimate of drug-likeness (QED) is 0.674. The number of aromatic nitrogens is 3. The summed E-state index contributed by atoms with van der Waals surface area (Å²) in [5, 5.41) is 4.47. The Balaban J connectivity index is 1.54. The molecule has 1 aromatic heterocycles. The Labute approximate surface area is 157 Å². The van der Waals surface area contributed by atoms with E-state index in [0.29, 0.717) is 5.92 Å². The molecule has 0 amide bonds. The van der Waals surface area contributed by atoms with Gasteiger partial charge in [-0.1, -0.05) is 36.4 Å². The van der Waals surface area contributed by atoms with Crippen LogP contribution in [0.4, 0.5) is 0 Å². The third kappa shape index (κ3) is 3.72. The lowest BCUT2D eigenvalue weighted by Gasteiger charge is -2.06. The number of nitrogens with zero attached hydrogens (tertiary/aromatic N) is 3. The van der Waals surface area contributed by atoms with E-state index in [-0.39, 0.29) is 23.7 Å². The van der Waals surface area contributed by atoms with Crippen molar-refractivity contribution in [2.75, 3.05) is 6.54 Å². The van der Waals surface area contributed by atoms with Crippen LogP contribution in [0.25, 0.3) is 5.69 Å². The largest absolute Gasteiger partial charge is 0.350 e. The van der Waals surface area contributed by atoms with Crippen molar-refractivity contribution in [3.8, 4) is 5.69 Å². The third-order valence-electron chi connectivity index (χ3n) is 4.49. The van der Waals surface area contributed by atoms with Crippen LogP contribution in [-0.2, 0) is 16.6 Å². The van der Waals surface area contributed by atoms with Crippen LogP contribution in [0.15, 0.2) is 70.4 Å². The molecule has 27 heavy (non-hydrogen) atoms. The molecule has 1 N–H and O–H groups in total. The second kappa shape index (κ2) is 7.13. The molecule has 0 radical (unpaired) electrons. The second-order valence-electron chi connectivity index (χ2n) is 6.52. The van der Waals surface area contributed by atoms with E-state index in [2.05, 4.69) is 9.82 Å². The first-order valence-electron chi connectivity index (χ1n) is 8.86. The Morgan fingerprint density at radius 1 is 1.00 bits per heavy atom. The fourth-order valence-corrected chi connectivity index (χ4v) is 4.01. The fourth-order valence-electron chi connectivity index (χ4n) is 2.96. The van der Waals surface area contributed by atoms with E-state index in [0.717, 1.165) is 24.4 Å². The van der Waals surface area contributed by atoms with Gasteiger partial charge < -0.3 is 0 Å². The molecule has 1 aliphatic rings. The third-order valence-corrected chi connectivity index (χ3v) is 5.97. The lowest BCUT2D eigenvalue weighted by atomic mass is 10.3. The van der Waals surface area contributed by atoms with Crippen LogP contribution in [0.2, 0.25) is 0 Å². The van der Waals surface area contributed by atoms with Gasteiger partial charge in [0.1, 0.15) is 5.82 Å². The van der Waals surface area contributed by atoms with E-state index < -0.39 is 10.0 Å². The highest BCUT2D eigenvalue weighted by atomic mass is 32.2. The zero-order valence-electron chi connectivity index (χ0n) is 14.7. The molecule has 0 spiro atoms. The summed E-state index contributed by atoms with van der Waals surface area (Å²) in [4.78, 5) is 13.0. The summed E-state index contributed by atoms with van der Waals surface area (Å²) in [6, 6.07) is 17.6. The Hall–Kier alpha value is -2.71. The summed E-state index contributed by atoms with van der Waals surface area (Å²) < 4.78 is 30.1. The molecular weight excluding hydrogens is 364 g/mol. The zero-order chi connectivity index (χ0) is 18.9. The SMILES string of the molecule is O=c1n(CCNS(=O)(=O)c2ccccc2)nc(C2CC2)n1-c1ccccc1. The summed E-state index contributed by atoms with van der Waals surface area (Å²) in [6.07, 6.45) is 2.04. The van der Waals surface area contributed by atoms with Gasteiger partial charge in [0, 0.05) is 12.5 Å². The van der Waals surface area contributed by atoms with Gasteiger partial charge in [0.25, 0.3) is 0 Å². The molecule has 0 aliphatic heterocycles. The molecule has 7 nitrogen and oxygen atoms in total. The standard InChI is InChI=1S/C19H20N4O3S/c24-19-22(14-13-20-27(25,26)17-9-5-2-6-10-17)21-18(15-11-12-15)23(19)16-7-3-1-4-8-16/h1-10,15,20H,11-14H2. The van der Waals surface area contributed by atoms with Crippen LogP contribution in [0, 0.1) is 0 Å². The maximum atomic E-state index is 12.8. The number of para-hydroxylation sites is 1. The molecule has 0 saturated heterocycles. The van der Waals surface area contributed by atoms with Gasteiger partial charge in [-0.25, -0.2) is 27.2 Å². The molecule has 1 heterocycles. The van der Waals surface area contributed by atoms with Crippen LogP contribution < -0.4 is 10.4 Å². The molecule has 4 rings (SSSR count). The minimum atomic E-state index is -3.60. The fraction of sp³-hybridized carbons (Fsp3) is 0.263. The van der Waals surface area contributed by atoms with Crippen molar-refractivity contribution in [1.82, 2.24) is 19.1 Å². The molecular formula is C19H20N4O3S. The van der Waals surface area contributed by atoms with E-state index in [9.17, 15) is 13.2 Å². The number of benzene rings is 2. The first-order valence-corrected chi connectivity index (χ1v) is 10.3. The monoisotopic (exact) mass is 384 g/mol. The average molecular weight is 384 g/mol. The van der Waals surface area contributed by atoms with E-state index in [1.807, 2.05) is 30.3 Å². The van der Waals surface area contributed by atoms with Gasteiger partial charge in [-0.05, 0) is 37.1 Å². The number of nitrogens with one attached hydrogen (secondary N) is 1. The zero-order valence-corrected chi connectivity index (χ0v) is 15.5. The molecule has 3 aromatic rings. The normalized spacial score (nSPS) is 14.4. The maximum absolute atomic E-state index is 12.8. The molecule has 1 fully saturated rings. The molecule has 0 unspecified atom stereocenters. The molecule has 140 valence electrons. The highest BCUT2D eigenvalue weighted by molar-refractivity contribution is 7.89. The van der Waals surface area contributed by atoms with Gasteiger partial charge in [0.15, 0.2) is 0 Å². The summed E-state index contributed by atoms with van der Waals surface area (Å²) in [7, 11) is -3.60. The Morgan fingerprint density at radius 3 is 2.26 bits per heavy atom. The van der Waals surface area contributed by atoms with Crippen molar-refractivity contribution in [2.45, 2.75) is 30.2 Å². The number of sulfonamides is 1. The van der Waals surface area contributed by atoms with Crippen LogP contribution in [0.3, 0.4) is 0 Å². The number of hydrogen-bond donors (Lipinski definition) is 1. The molecule has 1 saturated carbocycles. The second-order valence-corrected chi connectivity index (χ2v) is 8.29. The van der Waals surface area contributed by atoms with Crippen molar-refractivity contribution >= 4 is 10.0 Å². The predicted octanol–water partition coefficient (Wildman–Crippen LogP) is 1.89. The topological polar surface area (TPSA) is 86.0 Å². The summed E-state index contributed by atoms with van der Waals surface area (Å²) in [5.74, 6) is 1.04. The van der Waals surface area contributed by atoms with Gasteiger partial charge in [-0.3, -0.25) is 0 Å². The van der Waals surface area contributed by atoms with Crippen molar-refractivity contribution < 1.29 is 8.42 Å². The smallest absolute Gasteiger partial charge is 0.247 e. The van der Waals surface area contributed by atoms with E-state index >= 15 is 0 Å².